The van der Waals surface area contributed by atoms with Gasteiger partial charge in [0.05, 0.1) is 6.61 Å². The predicted octanol–water partition coefficient (Wildman–Crippen LogP) is 3.33. The second-order valence-electron chi connectivity index (χ2n) is 6.28. The molecule has 3 rings (SSSR count). The van der Waals surface area contributed by atoms with Gasteiger partial charge in [-0.25, -0.2) is 0 Å². The molecule has 2 aliphatic rings. The fourth-order valence-corrected chi connectivity index (χ4v) is 3.49. The van der Waals surface area contributed by atoms with Gasteiger partial charge in [0.15, 0.2) is 0 Å². The molecule has 0 unspecified atom stereocenters. The summed E-state index contributed by atoms with van der Waals surface area (Å²) >= 11 is 6.23. The molecule has 21 heavy (non-hydrogen) atoms. The van der Waals surface area contributed by atoms with Crippen LogP contribution < -0.4 is 10.2 Å². The molecule has 2 fully saturated rings. The van der Waals surface area contributed by atoms with Crippen molar-refractivity contribution in [1.29, 1.82) is 0 Å². The van der Waals surface area contributed by atoms with Gasteiger partial charge in [0.1, 0.15) is 0 Å². The van der Waals surface area contributed by atoms with Crippen molar-refractivity contribution in [3.8, 4) is 0 Å². The highest BCUT2D eigenvalue weighted by atomic mass is 35.5. The van der Waals surface area contributed by atoms with Gasteiger partial charge in [-0.3, -0.25) is 0 Å². The Morgan fingerprint density at radius 1 is 1.19 bits per heavy atom. The lowest BCUT2D eigenvalue weighted by Crippen LogP contribution is -2.36. The average molecular weight is 309 g/mol. The van der Waals surface area contributed by atoms with Crippen molar-refractivity contribution in [2.45, 2.75) is 57.2 Å². The van der Waals surface area contributed by atoms with Crippen molar-refractivity contribution in [3.05, 3.63) is 28.8 Å². The van der Waals surface area contributed by atoms with Crippen LogP contribution in [0, 0.1) is 0 Å². The van der Waals surface area contributed by atoms with E-state index in [1.54, 1.807) is 0 Å². The Balaban J connectivity index is 1.82. The van der Waals surface area contributed by atoms with Crippen LogP contribution in [0.2, 0.25) is 5.02 Å². The van der Waals surface area contributed by atoms with Crippen LogP contribution in [-0.4, -0.2) is 30.3 Å². The summed E-state index contributed by atoms with van der Waals surface area (Å²) in [5, 5.41) is 13.8. The topological polar surface area (TPSA) is 35.5 Å². The van der Waals surface area contributed by atoms with Crippen molar-refractivity contribution in [3.63, 3.8) is 0 Å². The number of aliphatic hydroxyl groups is 1. The average Bonchev–Trinajstić information content (AvgIpc) is 3.16. The molecule has 1 aromatic rings. The van der Waals surface area contributed by atoms with Crippen LogP contribution in [0.15, 0.2) is 18.2 Å². The first-order valence-corrected chi connectivity index (χ1v) is 8.55. The quantitative estimate of drug-likeness (QED) is 0.811. The van der Waals surface area contributed by atoms with E-state index in [1.165, 1.54) is 49.8 Å². The minimum absolute atomic E-state index is 0.193. The molecular formula is C17H25ClN2O. The number of halogens is 1. The van der Waals surface area contributed by atoms with Gasteiger partial charge in [-0.1, -0.05) is 30.5 Å². The molecule has 0 aromatic heterocycles. The number of benzene rings is 1. The van der Waals surface area contributed by atoms with Crippen molar-refractivity contribution >= 4 is 17.3 Å². The Morgan fingerprint density at radius 2 is 1.95 bits per heavy atom. The number of nitrogens with zero attached hydrogens (tertiary/aromatic N) is 1. The number of hydrogen-bond donors (Lipinski definition) is 2. The largest absolute Gasteiger partial charge is 0.395 e. The summed E-state index contributed by atoms with van der Waals surface area (Å²) in [5.74, 6) is 0. The van der Waals surface area contributed by atoms with Gasteiger partial charge in [0, 0.05) is 35.9 Å². The molecular weight excluding hydrogens is 284 g/mol. The van der Waals surface area contributed by atoms with Crippen LogP contribution in [0.4, 0.5) is 5.69 Å². The van der Waals surface area contributed by atoms with Crippen LogP contribution in [0.3, 0.4) is 0 Å². The second-order valence-corrected chi connectivity index (χ2v) is 6.72. The lowest BCUT2D eigenvalue weighted by molar-refractivity contribution is 0.297. The molecule has 0 heterocycles. The zero-order valence-corrected chi connectivity index (χ0v) is 13.3. The zero-order chi connectivity index (χ0) is 14.7. The number of rotatable bonds is 7. The van der Waals surface area contributed by atoms with E-state index in [2.05, 4.69) is 22.3 Å². The highest BCUT2D eigenvalue weighted by Crippen LogP contribution is 2.32. The summed E-state index contributed by atoms with van der Waals surface area (Å²) in [6.45, 7) is 1.78. The second kappa shape index (κ2) is 6.99. The maximum Gasteiger partial charge on any atom is 0.0606 e. The van der Waals surface area contributed by atoms with E-state index < -0.39 is 0 Å². The maximum absolute atomic E-state index is 9.46. The van der Waals surface area contributed by atoms with E-state index in [9.17, 15) is 5.11 Å². The summed E-state index contributed by atoms with van der Waals surface area (Å²) in [7, 11) is 0. The molecule has 2 aliphatic carbocycles. The minimum Gasteiger partial charge on any atom is -0.395 e. The molecule has 0 atom stereocenters. The van der Waals surface area contributed by atoms with Gasteiger partial charge in [0.25, 0.3) is 0 Å². The van der Waals surface area contributed by atoms with Crippen LogP contribution in [-0.2, 0) is 6.54 Å². The normalized spacial score (nSPS) is 19.1. The summed E-state index contributed by atoms with van der Waals surface area (Å²) in [6.07, 6.45) is 7.63. The van der Waals surface area contributed by atoms with Crippen LogP contribution in [0.25, 0.3) is 0 Å². The van der Waals surface area contributed by atoms with Crippen molar-refractivity contribution < 1.29 is 5.11 Å². The van der Waals surface area contributed by atoms with E-state index in [0.717, 1.165) is 11.6 Å². The third-order valence-electron chi connectivity index (χ3n) is 4.62. The SMILES string of the molecule is OCCN(c1cc(Cl)ccc1CNC1CC1)C1CCCC1. The Bertz CT molecular complexity index is 470. The van der Waals surface area contributed by atoms with E-state index in [4.69, 9.17) is 11.6 Å². The van der Waals surface area contributed by atoms with E-state index in [1.807, 2.05) is 6.07 Å². The number of hydrogen-bond acceptors (Lipinski definition) is 3. The van der Waals surface area contributed by atoms with Gasteiger partial charge < -0.3 is 15.3 Å². The lowest BCUT2D eigenvalue weighted by atomic mass is 10.1. The molecule has 0 radical (unpaired) electrons. The maximum atomic E-state index is 9.46. The molecule has 0 amide bonds. The number of anilines is 1. The molecule has 0 bridgehead atoms. The Morgan fingerprint density at radius 3 is 2.62 bits per heavy atom. The molecule has 116 valence electrons. The monoisotopic (exact) mass is 308 g/mol. The van der Waals surface area contributed by atoms with Gasteiger partial charge in [-0.2, -0.15) is 0 Å². The predicted molar refractivity (Wildman–Crippen MR) is 88.0 cm³/mol. The molecule has 2 saturated carbocycles. The summed E-state index contributed by atoms with van der Waals surface area (Å²) in [6, 6.07) is 7.42. The van der Waals surface area contributed by atoms with Crippen LogP contribution in [0.1, 0.15) is 44.1 Å². The van der Waals surface area contributed by atoms with E-state index in [0.29, 0.717) is 18.6 Å². The first kappa shape index (κ1) is 15.1. The summed E-state index contributed by atoms with van der Waals surface area (Å²) < 4.78 is 0. The highest BCUT2D eigenvalue weighted by molar-refractivity contribution is 6.30. The van der Waals surface area contributed by atoms with Crippen molar-refractivity contribution in [2.75, 3.05) is 18.1 Å². The molecule has 4 heteroatoms. The fraction of sp³-hybridized carbons (Fsp3) is 0.647. The zero-order valence-electron chi connectivity index (χ0n) is 12.5. The lowest BCUT2D eigenvalue weighted by Gasteiger charge is -2.32. The number of nitrogens with one attached hydrogen (secondary N) is 1. The van der Waals surface area contributed by atoms with Crippen LogP contribution >= 0.6 is 11.6 Å². The van der Waals surface area contributed by atoms with Crippen molar-refractivity contribution in [2.24, 2.45) is 0 Å². The highest BCUT2D eigenvalue weighted by Gasteiger charge is 2.25. The van der Waals surface area contributed by atoms with Crippen molar-refractivity contribution in [1.82, 2.24) is 5.32 Å². The fourth-order valence-electron chi connectivity index (χ4n) is 3.32. The summed E-state index contributed by atoms with van der Waals surface area (Å²) in [5.41, 5.74) is 2.50. The smallest absolute Gasteiger partial charge is 0.0606 e. The van der Waals surface area contributed by atoms with Gasteiger partial charge >= 0.3 is 0 Å². The first-order chi connectivity index (χ1) is 10.3. The molecule has 0 saturated heterocycles. The third kappa shape index (κ3) is 3.91. The Kier molecular flexibility index (Phi) is 5.04. The molecule has 3 nitrogen and oxygen atoms in total. The van der Waals surface area contributed by atoms with E-state index in [-0.39, 0.29) is 6.61 Å². The Labute approximate surface area is 132 Å². The van der Waals surface area contributed by atoms with Crippen LogP contribution in [0.5, 0.6) is 0 Å². The standard InChI is InChI=1S/C17H25ClN2O/c18-14-6-5-13(12-19-15-7-8-15)17(11-14)20(9-10-21)16-3-1-2-4-16/h5-6,11,15-16,19,21H,1-4,7-10,12H2. The van der Waals surface area contributed by atoms with Gasteiger partial charge in [-0.05, 0) is 43.4 Å². The molecule has 2 N–H and O–H groups in total. The van der Waals surface area contributed by atoms with Gasteiger partial charge in [0.2, 0.25) is 0 Å². The third-order valence-corrected chi connectivity index (χ3v) is 4.86. The first-order valence-electron chi connectivity index (χ1n) is 8.17. The summed E-state index contributed by atoms with van der Waals surface area (Å²) in [4.78, 5) is 2.38. The van der Waals surface area contributed by atoms with Gasteiger partial charge in [-0.15, -0.1) is 0 Å². The van der Waals surface area contributed by atoms with E-state index >= 15 is 0 Å². The minimum atomic E-state index is 0.193. The molecule has 0 spiro atoms. The number of aliphatic hydroxyl groups excluding tert-OH is 1. The molecule has 0 aliphatic heterocycles. The Hall–Kier alpha value is -0.770. The molecule has 1 aromatic carbocycles.